The van der Waals surface area contributed by atoms with Gasteiger partial charge in [0.15, 0.2) is 6.61 Å². The molecule has 0 atom stereocenters. The molecule has 0 radical (unpaired) electrons. The van der Waals surface area contributed by atoms with Crippen molar-refractivity contribution < 1.29 is 28.7 Å². The van der Waals surface area contributed by atoms with Crippen molar-refractivity contribution in [3.05, 3.63) is 57.1 Å². The molecule has 10 heteroatoms. The van der Waals surface area contributed by atoms with Crippen LogP contribution < -0.4 is 14.8 Å². The average molecular weight is 395 g/mol. The summed E-state index contributed by atoms with van der Waals surface area (Å²) in [7, 11) is 2.85. The van der Waals surface area contributed by atoms with Gasteiger partial charge in [0, 0.05) is 17.8 Å². The highest BCUT2D eigenvalue weighted by molar-refractivity contribution is 6.32. The highest BCUT2D eigenvalue weighted by Crippen LogP contribution is 2.27. The topological polar surface area (TPSA) is 117 Å². The number of carbonyl (C=O) groups excluding carboxylic acids is 2. The molecule has 0 aromatic heterocycles. The van der Waals surface area contributed by atoms with Crippen LogP contribution in [0.5, 0.6) is 11.5 Å². The summed E-state index contributed by atoms with van der Waals surface area (Å²) in [6.07, 6.45) is 0. The van der Waals surface area contributed by atoms with Crippen LogP contribution in [0.15, 0.2) is 36.4 Å². The smallest absolute Gasteiger partial charge is 0.342 e. The fraction of sp³-hybridized carbons (Fsp3) is 0.176. The van der Waals surface area contributed by atoms with Gasteiger partial charge < -0.3 is 19.5 Å². The number of ether oxygens (including phenoxy) is 3. The van der Waals surface area contributed by atoms with Crippen LogP contribution in [0.1, 0.15) is 10.4 Å². The van der Waals surface area contributed by atoms with Crippen molar-refractivity contribution in [1.29, 1.82) is 0 Å². The Morgan fingerprint density at radius 2 is 1.89 bits per heavy atom. The van der Waals surface area contributed by atoms with Gasteiger partial charge in [0.25, 0.3) is 11.6 Å². The number of hydrogen-bond donors (Lipinski definition) is 1. The molecule has 1 amide bonds. The molecule has 2 aromatic carbocycles. The molecule has 0 bridgehead atoms. The van der Waals surface area contributed by atoms with Gasteiger partial charge in [-0.15, -0.1) is 0 Å². The number of hydrogen-bond acceptors (Lipinski definition) is 7. The van der Waals surface area contributed by atoms with Crippen molar-refractivity contribution in [3.8, 4) is 11.5 Å². The van der Waals surface area contributed by atoms with E-state index in [1.165, 1.54) is 38.5 Å². The van der Waals surface area contributed by atoms with Crippen LogP contribution in [0.2, 0.25) is 5.02 Å². The zero-order valence-electron chi connectivity index (χ0n) is 14.4. The van der Waals surface area contributed by atoms with Crippen molar-refractivity contribution in [2.24, 2.45) is 0 Å². The lowest BCUT2D eigenvalue weighted by atomic mass is 10.2. The number of nitrogens with one attached hydrogen (secondary N) is 1. The second-order valence-electron chi connectivity index (χ2n) is 5.11. The highest BCUT2D eigenvalue weighted by Gasteiger charge is 2.17. The number of anilines is 1. The normalized spacial score (nSPS) is 10.0. The van der Waals surface area contributed by atoms with Crippen LogP contribution in [0.3, 0.4) is 0 Å². The summed E-state index contributed by atoms with van der Waals surface area (Å²) in [6, 6.07) is 8.27. The second kappa shape index (κ2) is 8.86. The number of esters is 1. The first-order chi connectivity index (χ1) is 12.8. The third-order valence-electron chi connectivity index (χ3n) is 3.39. The molecule has 0 saturated carbocycles. The lowest BCUT2D eigenvalue weighted by Crippen LogP contribution is -2.21. The maximum absolute atomic E-state index is 12.1. The van der Waals surface area contributed by atoms with Crippen molar-refractivity contribution in [2.75, 3.05) is 26.1 Å². The quantitative estimate of drug-likeness (QED) is 0.435. The number of nitro groups is 1. The average Bonchev–Trinajstić information content (AvgIpc) is 2.66. The first-order valence-corrected chi connectivity index (χ1v) is 7.86. The Balaban J connectivity index is 2.00. The van der Waals surface area contributed by atoms with Gasteiger partial charge in [-0.3, -0.25) is 14.9 Å². The summed E-state index contributed by atoms with van der Waals surface area (Å²) in [6.45, 7) is -0.593. The van der Waals surface area contributed by atoms with E-state index in [9.17, 15) is 19.7 Å². The number of methoxy groups -OCH3 is 2. The third-order valence-corrected chi connectivity index (χ3v) is 3.71. The molecule has 0 aliphatic rings. The molecule has 9 nitrogen and oxygen atoms in total. The Kier molecular flexibility index (Phi) is 6.56. The summed E-state index contributed by atoms with van der Waals surface area (Å²) in [5.74, 6) is -0.724. The van der Waals surface area contributed by atoms with Crippen molar-refractivity contribution in [2.45, 2.75) is 0 Å². The van der Waals surface area contributed by atoms with E-state index in [1.54, 1.807) is 6.07 Å². The van der Waals surface area contributed by atoms with Crippen LogP contribution >= 0.6 is 11.6 Å². The Labute approximate surface area is 158 Å². The number of benzene rings is 2. The number of carbonyl (C=O) groups is 2. The standard InChI is InChI=1S/C17H15ClN2O7/c1-25-11-4-5-12(15(8-11)26-2)17(22)27-9-16(21)19-10-3-6-13(18)14(7-10)20(23)24/h3-8H,9H2,1-2H3,(H,19,21). The number of rotatable bonds is 7. The van der Waals surface area contributed by atoms with Gasteiger partial charge in [0.1, 0.15) is 22.1 Å². The lowest BCUT2D eigenvalue weighted by molar-refractivity contribution is -0.384. The van der Waals surface area contributed by atoms with Crippen LogP contribution in [0.25, 0.3) is 0 Å². The lowest BCUT2D eigenvalue weighted by Gasteiger charge is -2.10. The van der Waals surface area contributed by atoms with Gasteiger partial charge >= 0.3 is 5.97 Å². The van der Waals surface area contributed by atoms with E-state index < -0.39 is 23.4 Å². The largest absolute Gasteiger partial charge is 0.497 e. The van der Waals surface area contributed by atoms with E-state index in [4.69, 9.17) is 25.8 Å². The Morgan fingerprint density at radius 3 is 2.52 bits per heavy atom. The number of nitro benzene ring substituents is 1. The summed E-state index contributed by atoms with van der Waals surface area (Å²) < 4.78 is 15.1. The van der Waals surface area contributed by atoms with E-state index in [0.717, 1.165) is 6.07 Å². The van der Waals surface area contributed by atoms with E-state index in [-0.39, 0.29) is 27.7 Å². The molecule has 0 spiro atoms. The predicted octanol–water partition coefficient (Wildman–Crippen LogP) is 3.06. The van der Waals surface area contributed by atoms with Crippen LogP contribution in [0, 0.1) is 10.1 Å². The molecule has 2 rings (SSSR count). The minimum atomic E-state index is -0.772. The summed E-state index contributed by atoms with van der Waals surface area (Å²) in [5, 5.41) is 13.2. The fourth-order valence-corrected chi connectivity index (χ4v) is 2.29. The van der Waals surface area contributed by atoms with Crippen LogP contribution in [-0.2, 0) is 9.53 Å². The minimum Gasteiger partial charge on any atom is -0.497 e. The van der Waals surface area contributed by atoms with Gasteiger partial charge in [-0.1, -0.05) is 11.6 Å². The molecule has 0 fully saturated rings. The van der Waals surface area contributed by atoms with Gasteiger partial charge in [0.05, 0.1) is 19.1 Å². The number of amides is 1. The molecule has 142 valence electrons. The van der Waals surface area contributed by atoms with E-state index in [1.807, 2.05) is 0 Å². The molecule has 0 aliphatic heterocycles. The molecule has 0 saturated heterocycles. The van der Waals surface area contributed by atoms with Gasteiger partial charge in [0.2, 0.25) is 0 Å². The van der Waals surface area contributed by atoms with Crippen molar-refractivity contribution in [1.82, 2.24) is 0 Å². The van der Waals surface area contributed by atoms with Gasteiger partial charge in [-0.2, -0.15) is 0 Å². The van der Waals surface area contributed by atoms with Gasteiger partial charge in [-0.25, -0.2) is 4.79 Å². The third kappa shape index (κ3) is 5.08. The van der Waals surface area contributed by atoms with Crippen molar-refractivity contribution in [3.63, 3.8) is 0 Å². The van der Waals surface area contributed by atoms with E-state index in [2.05, 4.69) is 5.32 Å². The molecule has 2 aromatic rings. The highest BCUT2D eigenvalue weighted by atomic mass is 35.5. The second-order valence-corrected chi connectivity index (χ2v) is 5.52. The molecule has 0 unspecified atom stereocenters. The summed E-state index contributed by atoms with van der Waals surface area (Å²) in [5.41, 5.74) is -0.0863. The molecular formula is C17H15ClN2O7. The fourth-order valence-electron chi connectivity index (χ4n) is 2.10. The predicted molar refractivity (Wildman–Crippen MR) is 96.6 cm³/mol. The Bertz CT molecular complexity index is 886. The number of nitrogens with zero attached hydrogens (tertiary/aromatic N) is 1. The molecule has 27 heavy (non-hydrogen) atoms. The minimum absolute atomic E-state index is 0.0592. The van der Waals surface area contributed by atoms with Crippen LogP contribution in [-0.4, -0.2) is 37.6 Å². The first-order valence-electron chi connectivity index (χ1n) is 7.48. The zero-order chi connectivity index (χ0) is 20.0. The summed E-state index contributed by atoms with van der Waals surface area (Å²) in [4.78, 5) is 34.2. The monoisotopic (exact) mass is 394 g/mol. The first kappa shape index (κ1) is 20.0. The van der Waals surface area contributed by atoms with E-state index >= 15 is 0 Å². The van der Waals surface area contributed by atoms with Gasteiger partial charge in [-0.05, 0) is 24.3 Å². The zero-order valence-corrected chi connectivity index (χ0v) is 15.1. The molecule has 1 N–H and O–H groups in total. The Hall–Kier alpha value is -3.33. The van der Waals surface area contributed by atoms with E-state index in [0.29, 0.717) is 5.75 Å². The summed E-state index contributed by atoms with van der Waals surface area (Å²) >= 11 is 5.70. The number of halogens is 1. The maximum atomic E-state index is 12.1. The van der Waals surface area contributed by atoms with Crippen molar-refractivity contribution >= 4 is 34.9 Å². The van der Waals surface area contributed by atoms with Crippen LogP contribution in [0.4, 0.5) is 11.4 Å². The Morgan fingerprint density at radius 1 is 1.15 bits per heavy atom. The molecule has 0 heterocycles. The molecule has 0 aliphatic carbocycles. The SMILES string of the molecule is COc1ccc(C(=O)OCC(=O)Nc2ccc(Cl)c([N+](=O)[O-])c2)c(OC)c1. The molecular weight excluding hydrogens is 380 g/mol. The maximum Gasteiger partial charge on any atom is 0.342 e.